The third-order valence-corrected chi connectivity index (χ3v) is 4.09. The number of aliphatic carboxylic acids is 1. The molecule has 0 saturated heterocycles. The highest BCUT2D eigenvalue weighted by atomic mass is 35.5. The standard InChI is InChI=1S/C16H14ClN3O3/c1-8-3-5-11(16(22)23)14(15(19)21)20(8)13-9(2)12(17)6-4-10(13)7-18/h3-6,14H,1-2H3,(H2,19,21)(H,22,23). The summed E-state index contributed by atoms with van der Waals surface area (Å²) >= 11 is 6.13. The van der Waals surface area contributed by atoms with Gasteiger partial charge in [0.15, 0.2) is 0 Å². The van der Waals surface area contributed by atoms with E-state index in [2.05, 4.69) is 0 Å². The van der Waals surface area contributed by atoms with Crippen LogP contribution in [0.4, 0.5) is 5.69 Å². The van der Waals surface area contributed by atoms with E-state index in [1.165, 1.54) is 17.0 Å². The normalized spacial score (nSPS) is 17.1. The number of amides is 1. The van der Waals surface area contributed by atoms with Gasteiger partial charge in [0.1, 0.15) is 12.1 Å². The molecule has 2 rings (SSSR count). The third kappa shape index (κ3) is 2.79. The Morgan fingerprint density at radius 3 is 2.52 bits per heavy atom. The van der Waals surface area contributed by atoms with E-state index < -0.39 is 17.9 Å². The number of carbonyl (C=O) groups excluding carboxylic acids is 1. The zero-order valence-corrected chi connectivity index (χ0v) is 13.3. The average molecular weight is 332 g/mol. The van der Waals surface area contributed by atoms with Gasteiger partial charge in [0.2, 0.25) is 5.91 Å². The van der Waals surface area contributed by atoms with E-state index >= 15 is 0 Å². The van der Waals surface area contributed by atoms with Crippen molar-refractivity contribution in [3.05, 3.63) is 51.7 Å². The lowest BCUT2D eigenvalue weighted by Gasteiger charge is -2.36. The van der Waals surface area contributed by atoms with Crippen molar-refractivity contribution in [2.45, 2.75) is 19.9 Å². The van der Waals surface area contributed by atoms with Gasteiger partial charge in [0, 0.05) is 10.7 Å². The molecular weight excluding hydrogens is 318 g/mol. The zero-order chi connectivity index (χ0) is 17.3. The summed E-state index contributed by atoms with van der Waals surface area (Å²) in [5.74, 6) is -2.07. The molecule has 23 heavy (non-hydrogen) atoms. The van der Waals surface area contributed by atoms with Crippen LogP contribution < -0.4 is 10.6 Å². The van der Waals surface area contributed by atoms with E-state index in [1.807, 2.05) is 6.07 Å². The summed E-state index contributed by atoms with van der Waals surface area (Å²) in [7, 11) is 0. The first-order valence-electron chi connectivity index (χ1n) is 6.69. The molecule has 0 spiro atoms. The predicted octanol–water partition coefficient (Wildman–Crippen LogP) is 2.11. The van der Waals surface area contributed by atoms with Gasteiger partial charge in [-0.25, -0.2) is 4.79 Å². The Morgan fingerprint density at radius 1 is 1.35 bits per heavy atom. The molecule has 1 unspecified atom stereocenters. The van der Waals surface area contributed by atoms with Gasteiger partial charge in [-0.2, -0.15) is 5.26 Å². The molecule has 7 heteroatoms. The highest BCUT2D eigenvalue weighted by Gasteiger charge is 2.36. The predicted molar refractivity (Wildman–Crippen MR) is 85.8 cm³/mol. The van der Waals surface area contributed by atoms with Crippen LogP contribution in [-0.2, 0) is 9.59 Å². The van der Waals surface area contributed by atoms with Crippen molar-refractivity contribution in [2.24, 2.45) is 5.73 Å². The van der Waals surface area contributed by atoms with Crippen LogP contribution in [0.3, 0.4) is 0 Å². The average Bonchev–Trinajstić information content (AvgIpc) is 2.49. The largest absolute Gasteiger partial charge is 0.478 e. The van der Waals surface area contributed by atoms with E-state index in [-0.39, 0.29) is 11.1 Å². The molecule has 1 aromatic rings. The molecule has 0 fully saturated rings. The number of benzene rings is 1. The number of nitrogens with two attached hydrogens (primary N) is 1. The fraction of sp³-hybridized carbons (Fsp3) is 0.188. The number of rotatable bonds is 3. The van der Waals surface area contributed by atoms with Crippen molar-refractivity contribution < 1.29 is 14.7 Å². The number of carboxylic acid groups (broad SMARTS) is 1. The molecule has 0 saturated carbocycles. The summed E-state index contributed by atoms with van der Waals surface area (Å²) in [6.07, 6.45) is 2.90. The van der Waals surface area contributed by atoms with Gasteiger partial charge < -0.3 is 15.7 Å². The van der Waals surface area contributed by atoms with Crippen molar-refractivity contribution in [1.82, 2.24) is 0 Å². The van der Waals surface area contributed by atoms with Crippen LogP contribution in [0.2, 0.25) is 5.02 Å². The summed E-state index contributed by atoms with van der Waals surface area (Å²) in [6, 6.07) is 3.92. The first-order chi connectivity index (χ1) is 10.8. The Bertz CT molecular complexity index is 806. The second-order valence-corrected chi connectivity index (χ2v) is 5.50. The number of nitrogens with zero attached hydrogens (tertiary/aromatic N) is 2. The Labute approximate surface area is 138 Å². The molecule has 0 aromatic heterocycles. The number of primary amides is 1. The number of carboxylic acids is 1. The van der Waals surface area contributed by atoms with Crippen molar-refractivity contribution in [3.63, 3.8) is 0 Å². The molecule has 1 aromatic carbocycles. The number of halogens is 1. The molecule has 3 N–H and O–H groups in total. The van der Waals surface area contributed by atoms with Crippen LogP contribution >= 0.6 is 11.6 Å². The fourth-order valence-corrected chi connectivity index (χ4v) is 2.73. The molecule has 0 aliphatic carbocycles. The molecule has 1 atom stereocenters. The Kier molecular flexibility index (Phi) is 4.43. The van der Waals surface area contributed by atoms with E-state index in [0.29, 0.717) is 22.0 Å². The van der Waals surface area contributed by atoms with Crippen LogP contribution in [-0.4, -0.2) is 23.0 Å². The van der Waals surface area contributed by atoms with Crippen molar-refractivity contribution in [3.8, 4) is 6.07 Å². The molecule has 1 amide bonds. The van der Waals surface area contributed by atoms with E-state index in [1.54, 1.807) is 26.0 Å². The van der Waals surface area contributed by atoms with Gasteiger partial charge in [-0.05, 0) is 43.7 Å². The molecule has 6 nitrogen and oxygen atoms in total. The topological polar surface area (TPSA) is 107 Å². The minimum Gasteiger partial charge on any atom is -0.478 e. The molecule has 1 aliphatic heterocycles. The van der Waals surface area contributed by atoms with Crippen molar-refractivity contribution in [1.29, 1.82) is 5.26 Å². The minimum absolute atomic E-state index is 0.161. The summed E-state index contributed by atoms with van der Waals surface area (Å²) < 4.78 is 0. The summed E-state index contributed by atoms with van der Waals surface area (Å²) in [6.45, 7) is 3.40. The number of allylic oxidation sites excluding steroid dienone is 3. The molecular formula is C16H14ClN3O3. The quantitative estimate of drug-likeness (QED) is 0.882. The van der Waals surface area contributed by atoms with Crippen molar-refractivity contribution in [2.75, 3.05) is 4.90 Å². The lowest BCUT2D eigenvalue weighted by atomic mass is 9.96. The number of carbonyl (C=O) groups is 2. The zero-order valence-electron chi connectivity index (χ0n) is 12.5. The van der Waals surface area contributed by atoms with E-state index in [0.717, 1.165) is 0 Å². The smallest absolute Gasteiger partial charge is 0.334 e. The van der Waals surface area contributed by atoms with Gasteiger partial charge in [-0.15, -0.1) is 0 Å². The number of nitriles is 1. The molecule has 0 radical (unpaired) electrons. The van der Waals surface area contributed by atoms with Gasteiger partial charge in [0.25, 0.3) is 0 Å². The molecule has 118 valence electrons. The van der Waals surface area contributed by atoms with Crippen LogP contribution in [0.25, 0.3) is 0 Å². The van der Waals surface area contributed by atoms with Crippen molar-refractivity contribution >= 4 is 29.2 Å². The van der Waals surface area contributed by atoms with Crippen LogP contribution in [0.5, 0.6) is 0 Å². The number of hydrogen-bond acceptors (Lipinski definition) is 4. The van der Waals surface area contributed by atoms with Crippen LogP contribution in [0.1, 0.15) is 18.1 Å². The van der Waals surface area contributed by atoms with Gasteiger partial charge in [-0.1, -0.05) is 11.6 Å². The lowest BCUT2D eigenvalue weighted by Crippen LogP contribution is -2.48. The maximum Gasteiger partial charge on any atom is 0.334 e. The first-order valence-corrected chi connectivity index (χ1v) is 7.07. The Morgan fingerprint density at radius 2 is 2.00 bits per heavy atom. The number of anilines is 1. The van der Waals surface area contributed by atoms with Gasteiger partial charge >= 0.3 is 5.97 Å². The van der Waals surface area contributed by atoms with Crippen LogP contribution in [0.15, 0.2) is 35.6 Å². The third-order valence-electron chi connectivity index (χ3n) is 3.68. The maximum absolute atomic E-state index is 11.9. The second-order valence-electron chi connectivity index (χ2n) is 5.09. The molecule has 1 aliphatic rings. The summed E-state index contributed by atoms with van der Waals surface area (Å²) in [4.78, 5) is 24.8. The van der Waals surface area contributed by atoms with Gasteiger partial charge in [-0.3, -0.25) is 4.79 Å². The fourth-order valence-electron chi connectivity index (χ4n) is 2.57. The lowest BCUT2D eigenvalue weighted by molar-refractivity contribution is -0.134. The first kappa shape index (κ1) is 16.6. The second kappa shape index (κ2) is 6.15. The monoisotopic (exact) mass is 331 g/mol. The van der Waals surface area contributed by atoms with Gasteiger partial charge in [0.05, 0.1) is 16.8 Å². The minimum atomic E-state index is -1.25. The highest BCUT2D eigenvalue weighted by Crippen LogP contribution is 2.37. The molecule has 0 bridgehead atoms. The van der Waals surface area contributed by atoms with E-state index in [4.69, 9.17) is 17.3 Å². The van der Waals surface area contributed by atoms with Crippen LogP contribution in [0, 0.1) is 18.3 Å². The molecule has 1 heterocycles. The summed E-state index contributed by atoms with van der Waals surface area (Å²) in [5, 5.41) is 19.1. The van der Waals surface area contributed by atoms with E-state index in [9.17, 15) is 20.0 Å². The Balaban J connectivity index is 2.76. The number of hydrogen-bond donors (Lipinski definition) is 2. The summed E-state index contributed by atoms with van der Waals surface area (Å²) in [5.41, 5.74) is 7.08. The maximum atomic E-state index is 11.9. The SMILES string of the molecule is CC1=CC=C(C(=O)O)C(C(N)=O)N1c1c(C#N)ccc(Cl)c1C. The highest BCUT2D eigenvalue weighted by molar-refractivity contribution is 6.31. The Hall–Kier alpha value is -2.78.